The van der Waals surface area contributed by atoms with E-state index in [1.165, 1.54) is 24.3 Å². The van der Waals surface area contributed by atoms with Crippen LogP contribution in [0, 0.1) is 25.5 Å². The molecule has 0 spiro atoms. The molecule has 1 aliphatic carbocycles. The lowest BCUT2D eigenvalue weighted by atomic mass is 9.97. The molecule has 0 radical (unpaired) electrons. The molecule has 0 saturated heterocycles. The molecule has 0 aliphatic heterocycles. The molecule has 3 aromatic carbocycles. The number of rotatable bonds is 8. The zero-order chi connectivity index (χ0) is 24.4. The number of aliphatic hydroxyl groups is 1. The fourth-order valence-electron chi connectivity index (χ4n) is 4.19. The quantitative estimate of drug-likeness (QED) is 0.377. The van der Waals surface area contributed by atoms with Gasteiger partial charge in [-0.2, -0.15) is 0 Å². The van der Waals surface area contributed by atoms with Crippen molar-refractivity contribution in [2.75, 3.05) is 11.9 Å². The van der Waals surface area contributed by atoms with Gasteiger partial charge in [0.05, 0.1) is 5.56 Å². The van der Waals surface area contributed by atoms with Crippen LogP contribution in [0.3, 0.4) is 0 Å². The molecular weight excluding hydrogens is 436 g/mol. The van der Waals surface area contributed by atoms with Gasteiger partial charge in [0.2, 0.25) is 0 Å². The molecule has 1 unspecified atom stereocenters. The number of carbonyl (C=O) groups is 1. The minimum atomic E-state index is -0.382. The monoisotopic (exact) mass is 465 g/mol. The van der Waals surface area contributed by atoms with Crippen molar-refractivity contribution in [2.24, 2.45) is 0 Å². The number of benzene rings is 3. The molecule has 1 saturated carbocycles. The van der Waals surface area contributed by atoms with Gasteiger partial charge in [0.25, 0.3) is 5.91 Å². The topological polar surface area (TPSA) is 58.6 Å². The second-order valence-corrected chi connectivity index (χ2v) is 9.09. The van der Waals surface area contributed by atoms with Gasteiger partial charge >= 0.3 is 0 Å². The normalized spacial score (nSPS) is 14.1. The molecule has 0 heterocycles. The van der Waals surface area contributed by atoms with Gasteiger partial charge in [-0.05, 0) is 116 Å². The van der Waals surface area contributed by atoms with Crippen LogP contribution in [0.1, 0.15) is 70.6 Å². The third kappa shape index (κ3) is 5.28. The van der Waals surface area contributed by atoms with E-state index in [2.05, 4.69) is 5.32 Å². The molecule has 1 amide bonds. The lowest BCUT2D eigenvalue weighted by Gasteiger charge is -2.17. The number of nitrogens with one attached hydrogen (secondary N) is 1. The van der Waals surface area contributed by atoms with Crippen LogP contribution in [0.5, 0.6) is 11.5 Å². The molecular formula is C28H29F2NO3. The zero-order valence-electron chi connectivity index (χ0n) is 19.6. The molecule has 2 N–H and O–H groups in total. The van der Waals surface area contributed by atoms with Crippen LogP contribution in [0.15, 0.2) is 48.5 Å². The molecule has 6 heteroatoms. The van der Waals surface area contributed by atoms with Crippen LogP contribution >= 0.6 is 0 Å². The van der Waals surface area contributed by atoms with Gasteiger partial charge in [-0.15, -0.1) is 0 Å². The van der Waals surface area contributed by atoms with Crippen LogP contribution in [-0.2, 0) is 0 Å². The molecule has 178 valence electrons. The highest BCUT2D eigenvalue weighted by Gasteiger charge is 2.28. The molecule has 4 rings (SSSR count). The largest absolute Gasteiger partial charge is 0.456 e. The molecule has 0 aromatic heterocycles. The number of carbonyl (C=O) groups excluding carboxylic acids is 1. The van der Waals surface area contributed by atoms with Crippen molar-refractivity contribution in [3.8, 4) is 11.5 Å². The number of aryl methyl sites for hydroxylation is 2. The first-order valence-electron chi connectivity index (χ1n) is 11.6. The summed E-state index contributed by atoms with van der Waals surface area (Å²) in [7, 11) is 0. The van der Waals surface area contributed by atoms with Crippen molar-refractivity contribution in [3.05, 3.63) is 88.0 Å². The van der Waals surface area contributed by atoms with Crippen LogP contribution in [-0.4, -0.2) is 17.6 Å². The average molecular weight is 466 g/mol. The Bertz CT molecular complexity index is 1220. The summed E-state index contributed by atoms with van der Waals surface area (Å²) >= 11 is 0. The first kappa shape index (κ1) is 23.9. The Labute approximate surface area is 198 Å². The maximum atomic E-state index is 14.3. The number of halogens is 2. The number of amides is 1. The Morgan fingerprint density at radius 2 is 1.82 bits per heavy atom. The van der Waals surface area contributed by atoms with Crippen LogP contribution in [0.4, 0.5) is 14.5 Å². The van der Waals surface area contributed by atoms with E-state index in [1.54, 1.807) is 19.1 Å². The maximum Gasteiger partial charge on any atom is 0.259 e. The van der Waals surface area contributed by atoms with Gasteiger partial charge < -0.3 is 15.2 Å². The summed E-state index contributed by atoms with van der Waals surface area (Å²) in [4.78, 5) is 13.3. The number of aliphatic hydroxyl groups excluding tert-OH is 1. The Hall–Kier alpha value is -3.25. The fourth-order valence-corrected chi connectivity index (χ4v) is 4.19. The summed E-state index contributed by atoms with van der Waals surface area (Å²) in [6.45, 7) is 5.51. The lowest BCUT2D eigenvalue weighted by molar-refractivity contribution is 0.102. The van der Waals surface area contributed by atoms with E-state index in [1.807, 2.05) is 26.0 Å². The minimum absolute atomic E-state index is 0.0483. The summed E-state index contributed by atoms with van der Waals surface area (Å²) in [5, 5.41) is 12.1. The van der Waals surface area contributed by atoms with Crippen molar-refractivity contribution < 1.29 is 23.4 Å². The van der Waals surface area contributed by atoms with Crippen molar-refractivity contribution >= 4 is 11.6 Å². The van der Waals surface area contributed by atoms with Gasteiger partial charge in [-0.25, -0.2) is 8.78 Å². The van der Waals surface area contributed by atoms with Gasteiger partial charge in [-0.3, -0.25) is 4.79 Å². The van der Waals surface area contributed by atoms with Crippen molar-refractivity contribution in [3.63, 3.8) is 0 Å². The molecule has 4 nitrogen and oxygen atoms in total. The molecule has 0 bridgehead atoms. The molecule has 1 atom stereocenters. The molecule has 34 heavy (non-hydrogen) atoms. The van der Waals surface area contributed by atoms with E-state index in [4.69, 9.17) is 4.74 Å². The Morgan fingerprint density at radius 3 is 2.50 bits per heavy atom. The number of hydrogen-bond acceptors (Lipinski definition) is 3. The highest BCUT2D eigenvalue weighted by atomic mass is 19.1. The summed E-state index contributed by atoms with van der Waals surface area (Å²) in [5.41, 5.74) is 4.02. The third-order valence-electron chi connectivity index (χ3n) is 6.33. The molecule has 1 aliphatic rings. The van der Waals surface area contributed by atoms with Gasteiger partial charge in [-0.1, -0.05) is 6.92 Å². The number of ether oxygens (including phenoxy) is 1. The highest BCUT2D eigenvalue weighted by Crippen LogP contribution is 2.44. The van der Waals surface area contributed by atoms with Crippen LogP contribution in [0.25, 0.3) is 0 Å². The van der Waals surface area contributed by atoms with E-state index in [0.29, 0.717) is 46.2 Å². The van der Waals surface area contributed by atoms with Crippen molar-refractivity contribution in [2.45, 2.75) is 51.9 Å². The summed E-state index contributed by atoms with van der Waals surface area (Å²) < 4.78 is 34.0. The fraction of sp³-hybridized carbons (Fsp3) is 0.321. The minimum Gasteiger partial charge on any atom is -0.456 e. The Kier molecular flexibility index (Phi) is 6.98. The standard InChI is InChI=1S/C28H29F2NO3/c1-16(10-11-32)23-14-21(7-8-25(23)30)31-28(33)24-13-17(2)22(19-4-5-19)15-27(24)34-26-9-6-20(29)12-18(26)3/h6-9,12-16,19,32H,4-5,10-11H2,1-3H3,(H,31,33). The molecule has 1 fully saturated rings. The van der Waals surface area contributed by atoms with E-state index in [-0.39, 0.29) is 30.1 Å². The lowest BCUT2D eigenvalue weighted by Crippen LogP contribution is -2.14. The Morgan fingerprint density at radius 1 is 1.06 bits per heavy atom. The van der Waals surface area contributed by atoms with Crippen LogP contribution in [0.2, 0.25) is 0 Å². The van der Waals surface area contributed by atoms with Gasteiger partial charge in [0, 0.05) is 12.3 Å². The molecule has 3 aromatic rings. The SMILES string of the molecule is Cc1cc(F)ccc1Oc1cc(C2CC2)c(C)cc1C(=O)Nc1ccc(F)c(C(C)CCO)c1. The first-order valence-corrected chi connectivity index (χ1v) is 11.6. The third-order valence-corrected chi connectivity index (χ3v) is 6.33. The van der Waals surface area contributed by atoms with E-state index >= 15 is 0 Å². The van der Waals surface area contributed by atoms with E-state index in [9.17, 15) is 18.7 Å². The highest BCUT2D eigenvalue weighted by molar-refractivity contribution is 6.06. The number of anilines is 1. The number of hydrogen-bond donors (Lipinski definition) is 2. The Balaban J connectivity index is 1.67. The summed E-state index contributed by atoms with van der Waals surface area (Å²) in [6, 6.07) is 12.4. The smallest absolute Gasteiger partial charge is 0.259 e. The van der Waals surface area contributed by atoms with Crippen LogP contribution < -0.4 is 10.1 Å². The van der Waals surface area contributed by atoms with E-state index < -0.39 is 0 Å². The predicted octanol–water partition coefficient (Wildman–Crippen LogP) is 6.99. The second-order valence-electron chi connectivity index (χ2n) is 9.09. The van der Waals surface area contributed by atoms with Gasteiger partial charge in [0.15, 0.2) is 0 Å². The predicted molar refractivity (Wildman–Crippen MR) is 129 cm³/mol. The summed E-state index contributed by atoms with van der Waals surface area (Å²) in [6.07, 6.45) is 2.63. The van der Waals surface area contributed by atoms with Crippen molar-refractivity contribution in [1.29, 1.82) is 0 Å². The van der Waals surface area contributed by atoms with Crippen molar-refractivity contribution in [1.82, 2.24) is 0 Å². The summed E-state index contributed by atoms with van der Waals surface area (Å²) in [5.74, 6) is 0.0299. The zero-order valence-corrected chi connectivity index (χ0v) is 19.6. The van der Waals surface area contributed by atoms with Gasteiger partial charge in [0.1, 0.15) is 23.1 Å². The average Bonchev–Trinajstić information content (AvgIpc) is 3.63. The second kappa shape index (κ2) is 9.94. The first-order chi connectivity index (χ1) is 16.3. The van der Waals surface area contributed by atoms with E-state index in [0.717, 1.165) is 24.0 Å². The maximum absolute atomic E-state index is 14.3.